The number of thioether (sulfide) groups is 1. The van der Waals surface area contributed by atoms with Crippen molar-refractivity contribution >= 4 is 17.7 Å². The fourth-order valence-corrected chi connectivity index (χ4v) is 1.86. The molecule has 0 fully saturated rings. The quantitative estimate of drug-likeness (QED) is 0.615. The molecule has 4 nitrogen and oxygen atoms in total. The molecule has 1 rings (SSSR count). The van der Waals surface area contributed by atoms with Crippen molar-refractivity contribution in [1.29, 1.82) is 0 Å². The molecule has 1 N–H and O–H groups in total. The van der Waals surface area contributed by atoms with Crippen LogP contribution in [0.2, 0.25) is 0 Å². The summed E-state index contributed by atoms with van der Waals surface area (Å²) in [6, 6.07) is 0. The van der Waals surface area contributed by atoms with Gasteiger partial charge < -0.3 is 4.74 Å². The van der Waals surface area contributed by atoms with Crippen LogP contribution in [0, 0.1) is 6.92 Å². The molecule has 1 aromatic rings. The number of aromatic amines is 1. The maximum atomic E-state index is 11.5. The number of nitrogens with one attached hydrogen (secondary N) is 1. The van der Waals surface area contributed by atoms with Crippen LogP contribution in [-0.4, -0.2) is 28.5 Å². The first-order chi connectivity index (χ1) is 6.70. The molecule has 0 amide bonds. The van der Waals surface area contributed by atoms with Gasteiger partial charge in [-0.15, -0.1) is 11.8 Å². The van der Waals surface area contributed by atoms with E-state index in [1.54, 1.807) is 6.92 Å². The van der Waals surface area contributed by atoms with E-state index in [0.717, 1.165) is 16.5 Å². The minimum Gasteiger partial charge on any atom is -0.462 e. The third-order valence-electron chi connectivity index (χ3n) is 1.67. The summed E-state index contributed by atoms with van der Waals surface area (Å²) < 4.78 is 4.94. The Kier molecular flexibility index (Phi) is 4.00. The number of carbonyl (C=O) groups excluding carboxylic acids is 1. The van der Waals surface area contributed by atoms with Crippen molar-refractivity contribution in [3.63, 3.8) is 0 Å². The lowest BCUT2D eigenvalue weighted by molar-refractivity contribution is 0.0521. The number of H-pyrrole nitrogens is 1. The van der Waals surface area contributed by atoms with Crippen molar-refractivity contribution in [1.82, 2.24) is 10.2 Å². The van der Waals surface area contributed by atoms with E-state index in [9.17, 15) is 4.79 Å². The molecule has 0 atom stereocenters. The second kappa shape index (κ2) is 5.05. The average molecular weight is 214 g/mol. The van der Waals surface area contributed by atoms with Crippen molar-refractivity contribution in [2.24, 2.45) is 0 Å². The number of aryl methyl sites for hydroxylation is 1. The molecule has 0 aliphatic carbocycles. The van der Waals surface area contributed by atoms with E-state index in [1.165, 1.54) is 11.8 Å². The fraction of sp³-hybridized carbons (Fsp3) is 0.556. The van der Waals surface area contributed by atoms with E-state index in [4.69, 9.17) is 4.74 Å². The highest BCUT2D eigenvalue weighted by Crippen LogP contribution is 2.22. The zero-order valence-electron chi connectivity index (χ0n) is 8.59. The van der Waals surface area contributed by atoms with E-state index in [-0.39, 0.29) is 5.97 Å². The Balaban J connectivity index is 2.92. The minimum absolute atomic E-state index is 0.297. The maximum absolute atomic E-state index is 11.5. The Morgan fingerprint density at radius 2 is 2.29 bits per heavy atom. The molecule has 14 heavy (non-hydrogen) atoms. The second-order valence-corrected chi connectivity index (χ2v) is 3.93. The molecule has 0 unspecified atom stereocenters. The largest absolute Gasteiger partial charge is 0.462 e. The minimum atomic E-state index is -0.297. The molecule has 1 heterocycles. The molecule has 0 aliphatic heterocycles. The number of hydrogen-bond acceptors (Lipinski definition) is 4. The zero-order valence-corrected chi connectivity index (χ0v) is 9.40. The number of esters is 1. The highest BCUT2D eigenvalue weighted by molar-refractivity contribution is 7.99. The van der Waals surface area contributed by atoms with E-state index < -0.39 is 0 Å². The van der Waals surface area contributed by atoms with Gasteiger partial charge in [-0.05, 0) is 19.6 Å². The van der Waals surface area contributed by atoms with Crippen LogP contribution >= 0.6 is 11.8 Å². The van der Waals surface area contributed by atoms with Gasteiger partial charge in [0.05, 0.1) is 6.61 Å². The number of ether oxygens (including phenoxy) is 1. The zero-order chi connectivity index (χ0) is 10.6. The smallest absolute Gasteiger partial charge is 0.342 e. The van der Waals surface area contributed by atoms with Crippen LogP contribution in [0.4, 0.5) is 0 Å². The summed E-state index contributed by atoms with van der Waals surface area (Å²) >= 11 is 1.53. The molecular formula is C9H14N2O2S. The predicted octanol–water partition coefficient (Wildman–Crippen LogP) is 2.01. The van der Waals surface area contributed by atoms with E-state index >= 15 is 0 Å². The lowest BCUT2D eigenvalue weighted by atomic mass is 10.3. The predicted molar refractivity (Wildman–Crippen MR) is 55.7 cm³/mol. The van der Waals surface area contributed by atoms with E-state index in [2.05, 4.69) is 10.2 Å². The highest BCUT2D eigenvalue weighted by atomic mass is 32.2. The topological polar surface area (TPSA) is 55.0 Å². The highest BCUT2D eigenvalue weighted by Gasteiger charge is 2.18. The third kappa shape index (κ3) is 2.29. The SMILES string of the molecule is CCOC(=O)c1c(SCC)n[nH]c1C. The molecule has 0 bridgehead atoms. The van der Waals surface area contributed by atoms with Gasteiger partial charge in [-0.3, -0.25) is 5.10 Å². The van der Waals surface area contributed by atoms with Crippen LogP contribution in [0.25, 0.3) is 0 Å². The fourth-order valence-electron chi connectivity index (χ4n) is 1.09. The van der Waals surface area contributed by atoms with Crippen LogP contribution in [0.15, 0.2) is 5.03 Å². The van der Waals surface area contributed by atoms with Crippen molar-refractivity contribution in [3.05, 3.63) is 11.3 Å². The molecule has 5 heteroatoms. The first kappa shape index (κ1) is 11.1. The normalized spacial score (nSPS) is 10.2. The van der Waals surface area contributed by atoms with Gasteiger partial charge in [-0.1, -0.05) is 6.92 Å². The number of carbonyl (C=O) groups is 1. The lowest BCUT2D eigenvalue weighted by Gasteiger charge is -2.01. The van der Waals surface area contributed by atoms with Gasteiger partial charge >= 0.3 is 5.97 Å². The third-order valence-corrected chi connectivity index (χ3v) is 2.53. The number of aromatic nitrogens is 2. The van der Waals surface area contributed by atoms with Gasteiger partial charge in [-0.25, -0.2) is 4.79 Å². The van der Waals surface area contributed by atoms with Crippen molar-refractivity contribution in [2.75, 3.05) is 12.4 Å². The molecular weight excluding hydrogens is 200 g/mol. The molecule has 1 aromatic heterocycles. The van der Waals surface area contributed by atoms with Gasteiger partial charge in [0.1, 0.15) is 10.6 Å². The molecule has 0 saturated carbocycles. The number of hydrogen-bond donors (Lipinski definition) is 1. The van der Waals surface area contributed by atoms with Crippen molar-refractivity contribution in [3.8, 4) is 0 Å². The Hall–Kier alpha value is -0.970. The van der Waals surface area contributed by atoms with E-state index in [0.29, 0.717) is 12.2 Å². The summed E-state index contributed by atoms with van der Waals surface area (Å²) in [6.45, 7) is 6.02. The maximum Gasteiger partial charge on any atom is 0.342 e. The average Bonchev–Trinajstić information content (AvgIpc) is 2.48. The Morgan fingerprint density at radius 1 is 1.57 bits per heavy atom. The van der Waals surface area contributed by atoms with Crippen LogP contribution in [-0.2, 0) is 4.74 Å². The molecule has 0 aromatic carbocycles. The Bertz CT molecular complexity index is 323. The first-order valence-corrected chi connectivity index (χ1v) is 5.54. The van der Waals surface area contributed by atoms with Crippen LogP contribution in [0.3, 0.4) is 0 Å². The summed E-state index contributed by atoms with van der Waals surface area (Å²) in [6.07, 6.45) is 0. The molecule has 0 saturated heterocycles. The summed E-state index contributed by atoms with van der Waals surface area (Å²) in [5, 5.41) is 7.56. The van der Waals surface area contributed by atoms with Crippen molar-refractivity contribution < 1.29 is 9.53 Å². The number of nitrogens with zero attached hydrogens (tertiary/aromatic N) is 1. The lowest BCUT2D eigenvalue weighted by Crippen LogP contribution is -2.06. The molecule has 0 aliphatic rings. The van der Waals surface area contributed by atoms with Crippen LogP contribution in [0.1, 0.15) is 29.9 Å². The summed E-state index contributed by atoms with van der Waals surface area (Å²) in [5.74, 6) is 0.589. The Labute approximate surface area is 87.4 Å². The molecule has 78 valence electrons. The summed E-state index contributed by atoms with van der Waals surface area (Å²) in [7, 11) is 0. The standard InChI is InChI=1S/C9H14N2O2S/c1-4-13-9(12)7-6(3)10-11-8(7)14-5-2/h4-5H2,1-3H3,(H,10,11). The van der Waals surface area contributed by atoms with E-state index in [1.807, 2.05) is 13.8 Å². The Morgan fingerprint density at radius 3 is 2.86 bits per heavy atom. The summed E-state index contributed by atoms with van der Waals surface area (Å²) in [4.78, 5) is 11.5. The van der Waals surface area contributed by atoms with Gasteiger partial charge in [-0.2, -0.15) is 5.10 Å². The summed E-state index contributed by atoms with van der Waals surface area (Å²) in [5.41, 5.74) is 1.33. The molecule has 0 spiro atoms. The first-order valence-electron chi connectivity index (χ1n) is 4.55. The monoisotopic (exact) mass is 214 g/mol. The number of rotatable bonds is 4. The van der Waals surface area contributed by atoms with Crippen LogP contribution < -0.4 is 0 Å². The second-order valence-electron chi connectivity index (χ2n) is 2.68. The van der Waals surface area contributed by atoms with Gasteiger partial charge in [0.2, 0.25) is 0 Å². The van der Waals surface area contributed by atoms with Crippen molar-refractivity contribution in [2.45, 2.75) is 25.8 Å². The van der Waals surface area contributed by atoms with Crippen LogP contribution in [0.5, 0.6) is 0 Å². The van der Waals surface area contributed by atoms with Gasteiger partial charge in [0.15, 0.2) is 0 Å². The van der Waals surface area contributed by atoms with Gasteiger partial charge in [0.25, 0.3) is 0 Å². The molecule has 0 radical (unpaired) electrons. The van der Waals surface area contributed by atoms with Gasteiger partial charge in [0, 0.05) is 5.69 Å².